The Bertz CT molecular complexity index is 1170. The standard InChI is InChI=1S/C23H24Br3N3O2/c1-5-13(3)22-28-20-8-7-16(24)11-17(20)23(30)29(22)27-12-15-9-18(25)21(19(26)10-15)31-14(4)6-2/h7-14H,5-6H2,1-4H3/t13-,14-/m0/s1. The van der Waals surface area contributed by atoms with Crippen LogP contribution in [0.5, 0.6) is 5.75 Å². The van der Waals surface area contributed by atoms with Gasteiger partial charge in [0, 0.05) is 10.4 Å². The molecular formula is C23H24Br3N3O2. The van der Waals surface area contributed by atoms with E-state index in [1.165, 1.54) is 4.68 Å². The number of benzene rings is 2. The molecule has 3 rings (SSSR count). The Morgan fingerprint density at radius 1 is 1.10 bits per heavy atom. The highest BCUT2D eigenvalue weighted by Crippen LogP contribution is 2.35. The van der Waals surface area contributed by atoms with E-state index in [0.717, 1.165) is 37.6 Å². The van der Waals surface area contributed by atoms with E-state index in [4.69, 9.17) is 9.72 Å². The van der Waals surface area contributed by atoms with Crippen molar-refractivity contribution >= 4 is 64.9 Å². The van der Waals surface area contributed by atoms with Gasteiger partial charge in [-0.1, -0.05) is 36.7 Å². The van der Waals surface area contributed by atoms with Crippen molar-refractivity contribution in [3.63, 3.8) is 0 Å². The fourth-order valence-corrected chi connectivity index (χ4v) is 4.72. The summed E-state index contributed by atoms with van der Waals surface area (Å²) in [6.07, 6.45) is 3.53. The van der Waals surface area contributed by atoms with Gasteiger partial charge in [0.25, 0.3) is 5.56 Å². The van der Waals surface area contributed by atoms with Crippen LogP contribution in [0.15, 0.2) is 53.6 Å². The fraction of sp³-hybridized carbons (Fsp3) is 0.348. The molecule has 3 aromatic rings. The molecule has 0 aliphatic heterocycles. The van der Waals surface area contributed by atoms with Gasteiger partial charge in [-0.05, 0) is 87.5 Å². The highest BCUT2D eigenvalue weighted by atomic mass is 79.9. The van der Waals surface area contributed by atoms with E-state index in [2.05, 4.69) is 66.7 Å². The molecule has 0 aliphatic carbocycles. The fourth-order valence-electron chi connectivity index (χ4n) is 2.95. The Labute approximate surface area is 207 Å². The Hall–Kier alpha value is -1.51. The van der Waals surface area contributed by atoms with Gasteiger partial charge in [-0.15, -0.1) is 0 Å². The van der Waals surface area contributed by atoms with E-state index in [-0.39, 0.29) is 17.6 Å². The first-order valence-corrected chi connectivity index (χ1v) is 12.5. The summed E-state index contributed by atoms with van der Waals surface area (Å²) in [7, 11) is 0. The number of aromatic nitrogens is 2. The SMILES string of the molecule is CC[C@H](C)Oc1c(Br)cc(C=Nn2c([C@@H](C)CC)nc3ccc(Br)cc3c2=O)cc1Br. The van der Waals surface area contributed by atoms with E-state index in [9.17, 15) is 4.79 Å². The summed E-state index contributed by atoms with van der Waals surface area (Å²) in [5.74, 6) is 1.48. The normalized spacial score (nSPS) is 13.6. The molecule has 5 nitrogen and oxygen atoms in total. The van der Waals surface area contributed by atoms with Crippen molar-refractivity contribution in [3.8, 4) is 5.75 Å². The van der Waals surface area contributed by atoms with Crippen LogP contribution in [0.2, 0.25) is 0 Å². The van der Waals surface area contributed by atoms with Crippen LogP contribution in [0.3, 0.4) is 0 Å². The smallest absolute Gasteiger partial charge is 0.282 e. The van der Waals surface area contributed by atoms with Crippen molar-refractivity contribution in [1.82, 2.24) is 9.66 Å². The molecule has 0 unspecified atom stereocenters. The summed E-state index contributed by atoms with van der Waals surface area (Å²) in [5, 5.41) is 5.06. The van der Waals surface area contributed by atoms with Gasteiger partial charge in [-0.2, -0.15) is 9.78 Å². The first-order chi connectivity index (χ1) is 14.7. The van der Waals surface area contributed by atoms with Crippen molar-refractivity contribution < 1.29 is 4.74 Å². The average molecular weight is 614 g/mol. The van der Waals surface area contributed by atoms with Crippen LogP contribution in [0.25, 0.3) is 10.9 Å². The van der Waals surface area contributed by atoms with E-state index < -0.39 is 0 Å². The number of nitrogens with zero attached hydrogens (tertiary/aromatic N) is 3. The summed E-state index contributed by atoms with van der Waals surface area (Å²) >= 11 is 10.6. The second-order valence-corrected chi connectivity index (χ2v) is 10.1. The second kappa shape index (κ2) is 10.4. The summed E-state index contributed by atoms with van der Waals surface area (Å²) in [6.45, 7) is 8.23. The van der Waals surface area contributed by atoms with Crippen LogP contribution < -0.4 is 10.3 Å². The lowest BCUT2D eigenvalue weighted by Gasteiger charge is -2.16. The number of halogens is 3. The maximum absolute atomic E-state index is 13.2. The van der Waals surface area contributed by atoms with Crippen molar-refractivity contribution in [1.29, 1.82) is 0 Å². The predicted molar refractivity (Wildman–Crippen MR) is 138 cm³/mol. The molecule has 0 N–H and O–H groups in total. The monoisotopic (exact) mass is 611 g/mol. The first-order valence-electron chi connectivity index (χ1n) is 10.2. The van der Waals surface area contributed by atoms with Gasteiger partial charge < -0.3 is 4.74 Å². The molecule has 2 aromatic carbocycles. The maximum Gasteiger partial charge on any atom is 0.282 e. The Balaban J connectivity index is 2.08. The molecule has 31 heavy (non-hydrogen) atoms. The van der Waals surface area contributed by atoms with E-state index >= 15 is 0 Å². The molecule has 1 heterocycles. The number of hydrogen-bond acceptors (Lipinski definition) is 4. The molecule has 8 heteroatoms. The lowest BCUT2D eigenvalue weighted by atomic mass is 10.1. The highest BCUT2D eigenvalue weighted by molar-refractivity contribution is 9.11. The second-order valence-electron chi connectivity index (χ2n) is 7.45. The number of hydrogen-bond donors (Lipinski definition) is 0. The molecule has 0 amide bonds. The Kier molecular flexibility index (Phi) is 8.10. The first kappa shape index (κ1) is 24.1. The maximum atomic E-state index is 13.2. The molecule has 2 atom stereocenters. The van der Waals surface area contributed by atoms with Crippen LogP contribution in [0, 0.1) is 0 Å². The molecule has 0 saturated heterocycles. The quantitative estimate of drug-likeness (QED) is 0.264. The number of ether oxygens (including phenoxy) is 1. The van der Waals surface area contributed by atoms with Crippen LogP contribution in [-0.4, -0.2) is 22.0 Å². The van der Waals surface area contributed by atoms with Gasteiger partial charge in [-0.3, -0.25) is 4.79 Å². The lowest BCUT2D eigenvalue weighted by molar-refractivity contribution is 0.214. The molecule has 0 fully saturated rings. The zero-order valence-electron chi connectivity index (χ0n) is 17.8. The van der Waals surface area contributed by atoms with Crippen molar-refractivity contribution in [2.75, 3.05) is 0 Å². The van der Waals surface area contributed by atoms with Gasteiger partial charge in [-0.25, -0.2) is 4.98 Å². The third-order valence-electron chi connectivity index (χ3n) is 5.12. The van der Waals surface area contributed by atoms with Crippen LogP contribution in [0.4, 0.5) is 0 Å². The predicted octanol–water partition coefficient (Wildman–Crippen LogP) is 7.26. The third kappa shape index (κ3) is 5.46. The van der Waals surface area contributed by atoms with E-state index in [0.29, 0.717) is 16.7 Å². The van der Waals surface area contributed by atoms with Gasteiger partial charge in [0.1, 0.15) is 11.6 Å². The molecule has 1 aromatic heterocycles. The topological polar surface area (TPSA) is 56.5 Å². The molecule has 0 spiro atoms. The Morgan fingerprint density at radius 2 is 1.77 bits per heavy atom. The van der Waals surface area contributed by atoms with Crippen LogP contribution in [0.1, 0.15) is 57.8 Å². The minimum absolute atomic E-state index is 0.0858. The summed E-state index contributed by atoms with van der Waals surface area (Å²) in [4.78, 5) is 18.0. The number of rotatable bonds is 7. The van der Waals surface area contributed by atoms with Crippen LogP contribution in [-0.2, 0) is 0 Å². The largest absolute Gasteiger partial charge is 0.488 e. The van der Waals surface area contributed by atoms with Crippen LogP contribution >= 0.6 is 47.8 Å². The van der Waals surface area contributed by atoms with Gasteiger partial charge in [0.2, 0.25) is 0 Å². The minimum atomic E-state index is -0.187. The molecule has 0 aliphatic rings. The summed E-state index contributed by atoms with van der Waals surface area (Å²) in [5.41, 5.74) is 1.31. The zero-order valence-corrected chi connectivity index (χ0v) is 22.6. The van der Waals surface area contributed by atoms with Crippen molar-refractivity contribution in [2.24, 2.45) is 5.10 Å². The zero-order chi connectivity index (χ0) is 22.7. The average Bonchev–Trinajstić information content (AvgIpc) is 2.75. The molecule has 0 bridgehead atoms. The Morgan fingerprint density at radius 3 is 2.39 bits per heavy atom. The van der Waals surface area contributed by atoms with Gasteiger partial charge in [0.15, 0.2) is 0 Å². The van der Waals surface area contributed by atoms with Crippen molar-refractivity contribution in [3.05, 3.63) is 65.5 Å². The molecule has 0 radical (unpaired) electrons. The number of fused-ring (bicyclic) bond motifs is 1. The van der Waals surface area contributed by atoms with E-state index in [1.807, 2.05) is 38.1 Å². The minimum Gasteiger partial charge on any atom is -0.488 e. The van der Waals surface area contributed by atoms with Gasteiger partial charge in [0.05, 0.1) is 32.2 Å². The summed E-state index contributed by atoms with van der Waals surface area (Å²) < 4.78 is 9.86. The van der Waals surface area contributed by atoms with E-state index in [1.54, 1.807) is 12.3 Å². The van der Waals surface area contributed by atoms with Crippen molar-refractivity contribution in [2.45, 2.75) is 52.6 Å². The van der Waals surface area contributed by atoms with Gasteiger partial charge >= 0.3 is 0 Å². The molecule has 164 valence electrons. The highest BCUT2D eigenvalue weighted by Gasteiger charge is 2.16. The molecular weight excluding hydrogens is 590 g/mol. The lowest BCUT2D eigenvalue weighted by Crippen LogP contribution is -2.23. The third-order valence-corrected chi connectivity index (χ3v) is 6.79. The molecule has 0 saturated carbocycles. The summed E-state index contributed by atoms with van der Waals surface area (Å²) in [6, 6.07) is 9.37.